The van der Waals surface area contributed by atoms with Gasteiger partial charge < -0.3 is 5.32 Å². The number of nitrogens with zero attached hydrogens (tertiary/aromatic N) is 1. The van der Waals surface area contributed by atoms with Crippen molar-refractivity contribution in [3.8, 4) is 0 Å². The highest BCUT2D eigenvalue weighted by atomic mass is 32.2. The third kappa shape index (κ3) is 5.45. The molecule has 0 unspecified atom stereocenters. The Kier molecular flexibility index (Phi) is 7.10. The zero-order valence-corrected chi connectivity index (χ0v) is 19.1. The number of benzene rings is 2. The first-order valence-corrected chi connectivity index (χ1v) is 12.6. The summed E-state index contributed by atoms with van der Waals surface area (Å²) in [5, 5.41) is 6.84. The molecular weight excluding hydrogens is 428 g/mol. The maximum Gasteiger partial charge on any atom is 0.254 e. The van der Waals surface area contributed by atoms with E-state index in [-0.39, 0.29) is 5.91 Å². The summed E-state index contributed by atoms with van der Waals surface area (Å²) in [5.41, 5.74) is 2.84. The molecule has 30 heavy (non-hydrogen) atoms. The number of aryl methyl sites for hydroxylation is 1. The summed E-state index contributed by atoms with van der Waals surface area (Å²) in [6, 6.07) is 22.5. The quantitative estimate of drug-likeness (QED) is 0.248. The zero-order valence-electron chi connectivity index (χ0n) is 16.6. The molecule has 0 aliphatic heterocycles. The molecule has 0 saturated carbocycles. The van der Waals surface area contributed by atoms with E-state index in [1.165, 1.54) is 10.5 Å². The first-order chi connectivity index (χ1) is 14.7. The minimum atomic E-state index is -0.0738. The lowest BCUT2D eigenvalue weighted by atomic mass is 10.1. The molecule has 6 heteroatoms. The largest absolute Gasteiger partial charge is 0.347 e. The van der Waals surface area contributed by atoms with Crippen LogP contribution in [0.5, 0.6) is 0 Å². The van der Waals surface area contributed by atoms with Crippen molar-refractivity contribution in [1.29, 1.82) is 0 Å². The highest BCUT2D eigenvalue weighted by Gasteiger charge is 2.15. The Labute approximate surface area is 189 Å². The SMILES string of the molecule is Cc1ccc(SCCSc2nc3ccccc3cc2C(=O)NCc2cccs2)cc1. The summed E-state index contributed by atoms with van der Waals surface area (Å²) in [5.74, 6) is 1.77. The minimum Gasteiger partial charge on any atom is -0.347 e. The van der Waals surface area contributed by atoms with Crippen LogP contribution in [0.4, 0.5) is 0 Å². The fraction of sp³-hybridized carbons (Fsp3) is 0.167. The van der Waals surface area contributed by atoms with Crippen LogP contribution in [0.2, 0.25) is 0 Å². The number of rotatable bonds is 8. The number of aromatic nitrogens is 1. The second-order valence-corrected chi connectivity index (χ2v) is 10.1. The highest BCUT2D eigenvalue weighted by Crippen LogP contribution is 2.27. The molecule has 0 aliphatic rings. The standard InChI is InChI=1S/C24H22N2OS3/c1-17-8-10-19(11-9-17)29-13-14-30-24-21(15-18-5-2-3-7-22(18)26-24)23(27)25-16-20-6-4-12-28-20/h2-12,15H,13-14,16H2,1H3,(H,25,27). The molecule has 1 amide bonds. The van der Waals surface area contributed by atoms with Crippen molar-refractivity contribution in [3.05, 3.63) is 88.1 Å². The number of pyridine rings is 1. The zero-order chi connectivity index (χ0) is 20.8. The highest BCUT2D eigenvalue weighted by molar-refractivity contribution is 8.03. The van der Waals surface area contributed by atoms with Crippen LogP contribution in [0.3, 0.4) is 0 Å². The van der Waals surface area contributed by atoms with E-state index in [0.717, 1.165) is 32.3 Å². The fourth-order valence-electron chi connectivity index (χ4n) is 2.98. The molecule has 1 N–H and O–H groups in total. The van der Waals surface area contributed by atoms with E-state index in [9.17, 15) is 4.79 Å². The monoisotopic (exact) mass is 450 g/mol. The lowest BCUT2D eigenvalue weighted by Gasteiger charge is -2.11. The van der Waals surface area contributed by atoms with Gasteiger partial charge >= 0.3 is 0 Å². The Hall–Kier alpha value is -2.28. The number of carbonyl (C=O) groups is 1. The third-order valence-corrected chi connectivity index (χ3v) is 7.69. The third-order valence-electron chi connectivity index (χ3n) is 4.55. The normalized spacial score (nSPS) is 11.0. The molecule has 3 nitrogen and oxygen atoms in total. The van der Waals surface area contributed by atoms with Crippen molar-refractivity contribution < 1.29 is 4.79 Å². The molecule has 2 heterocycles. The molecule has 152 valence electrons. The van der Waals surface area contributed by atoms with E-state index in [1.807, 2.05) is 59.6 Å². The number of hydrogen-bond acceptors (Lipinski definition) is 5. The number of fused-ring (bicyclic) bond motifs is 1. The molecular formula is C24H22N2OS3. The van der Waals surface area contributed by atoms with Gasteiger partial charge in [-0.1, -0.05) is 42.0 Å². The molecule has 0 radical (unpaired) electrons. The van der Waals surface area contributed by atoms with Crippen molar-refractivity contribution in [2.45, 2.75) is 23.4 Å². The molecule has 0 spiro atoms. The summed E-state index contributed by atoms with van der Waals surface area (Å²) < 4.78 is 0. The van der Waals surface area contributed by atoms with Gasteiger partial charge in [0.05, 0.1) is 17.6 Å². The average molecular weight is 451 g/mol. The van der Waals surface area contributed by atoms with E-state index < -0.39 is 0 Å². The number of para-hydroxylation sites is 1. The van der Waals surface area contributed by atoms with Crippen molar-refractivity contribution in [2.75, 3.05) is 11.5 Å². The van der Waals surface area contributed by atoms with Crippen LogP contribution in [0.25, 0.3) is 10.9 Å². The van der Waals surface area contributed by atoms with Gasteiger partial charge in [0.1, 0.15) is 5.03 Å². The molecule has 0 saturated heterocycles. The molecule has 0 bridgehead atoms. The Bertz CT molecular complexity index is 1130. The van der Waals surface area contributed by atoms with Gasteiger partial charge in [0.15, 0.2) is 0 Å². The summed E-state index contributed by atoms with van der Waals surface area (Å²) >= 11 is 5.12. The predicted octanol–water partition coefficient (Wildman–Crippen LogP) is 6.42. The van der Waals surface area contributed by atoms with Crippen LogP contribution in [0, 0.1) is 6.92 Å². The second kappa shape index (κ2) is 10.2. The van der Waals surface area contributed by atoms with Crippen molar-refractivity contribution in [1.82, 2.24) is 10.3 Å². The minimum absolute atomic E-state index is 0.0738. The van der Waals surface area contributed by atoms with Crippen molar-refractivity contribution in [3.63, 3.8) is 0 Å². The van der Waals surface area contributed by atoms with E-state index >= 15 is 0 Å². The Balaban J connectivity index is 1.46. The van der Waals surface area contributed by atoms with Crippen LogP contribution in [-0.2, 0) is 6.54 Å². The van der Waals surface area contributed by atoms with Crippen LogP contribution >= 0.6 is 34.9 Å². The number of thioether (sulfide) groups is 2. The summed E-state index contributed by atoms with van der Waals surface area (Å²) in [4.78, 5) is 20.1. The van der Waals surface area contributed by atoms with E-state index in [0.29, 0.717) is 12.1 Å². The van der Waals surface area contributed by atoms with E-state index in [1.54, 1.807) is 23.1 Å². The molecule has 2 aromatic heterocycles. The van der Waals surface area contributed by atoms with Crippen molar-refractivity contribution in [2.24, 2.45) is 0 Å². The van der Waals surface area contributed by atoms with Crippen LogP contribution in [-0.4, -0.2) is 22.4 Å². The predicted molar refractivity (Wildman–Crippen MR) is 130 cm³/mol. The van der Waals surface area contributed by atoms with E-state index in [4.69, 9.17) is 4.98 Å². The topological polar surface area (TPSA) is 42.0 Å². The maximum absolute atomic E-state index is 12.9. The van der Waals surface area contributed by atoms with Gasteiger partial charge in [0.25, 0.3) is 5.91 Å². The first-order valence-electron chi connectivity index (χ1n) is 9.72. The smallest absolute Gasteiger partial charge is 0.254 e. The van der Waals surface area contributed by atoms with Gasteiger partial charge in [0, 0.05) is 26.7 Å². The van der Waals surface area contributed by atoms with Gasteiger partial charge in [-0.25, -0.2) is 4.98 Å². The maximum atomic E-state index is 12.9. The first kappa shape index (κ1) is 21.0. The Morgan fingerprint density at radius 2 is 1.80 bits per heavy atom. The lowest BCUT2D eigenvalue weighted by molar-refractivity contribution is 0.0948. The number of amides is 1. The van der Waals surface area contributed by atoms with Gasteiger partial charge in [-0.3, -0.25) is 4.79 Å². The average Bonchev–Trinajstić information content (AvgIpc) is 3.29. The molecule has 0 fully saturated rings. The van der Waals surface area contributed by atoms with Gasteiger partial charge in [-0.05, 0) is 42.6 Å². The molecule has 0 aliphatic carbocycles. The number of thiophene rings is 1. The van der Waals surface area contributed by atoms with Crippen LogP contribution in [0.15, 0.2) is 82.0 Å². The fourth-order valence-corrected chi connectivity index (χ4v) is 5.52. The van der Waals surface area contributed by atoms with Gasteiger partial charge in [0.2, 0.25) is 0 Å². The summed E-state index contributed by atoms with van der Waals surface area (Å²) in [6.07, 6.45) is 0. The van der Waals surface area contributed by atoms with E-state index in [2.05, 4.69) is 36.5 Å². The lowest BCUT2D eigenvalue weighted by Crippen LogP contribution is -2.23. The molecule has 2 aromatic carbocycles. The van der Waals surface area contributed by atoms with Gasteiger partial charge in [-0.2, -0.15) is 0 Å². The Morgan fingerprint density at radius 3 is 2.60 bits per heavy atom. The van der Waals surface area contributed by atoms with Gasteiger partial charge in [-0.15, -0.1) is 34.9 Å². The number of nitrogens with one attached hydrogen (secondary N) is 1. The number of carbonyl (C=O) groups excluding carboxylic acids is 1. The molecule has 0 atom stereocenters. The molecule has 4 rings (SSSR count). The Morgan fingerprint density at radius 1 is 1.00 bits per heavy atom. The van der Waals surface area contributed by atoms with Crippen LogP contribution in [0.1, 0.15) is 20.8 Å². The second-order valence-electron chi connectivity index (χ2n) is 6.81. The van der Waals surface area contributed by atoms with Crippen molar-refractivity contribution >= 4 is 51.7 Å². The summed E-state index contributed by atoms with van der Waals surface area (Å²) in [6.45, 7) is 2.64. The van der Waals surface area contributed by atoms with Crippen LogP contribution < -0.4 is 5.32 Å². The number of hydrogen-bond donors (Lipinski definition) is 1. The molecule has 4 aromatic rings. The summed E-state index contributed by atoms with van der Waals surface area (Å²) in [7, 11) is 0.